The Morgan fingerprint density at radius 3 is 2.46 bits per heavy atom. The Labute approximate surface area is 82.2 Å². The number of allylic oxidation sites excluding steroid dienone is 4. The molecular formula is C12H21N. The number of hydrogen-bond donors (Lipinski definition) is 1. The zero-order valence-electron chi connectivity index (χ0n) is 9.22. The first-order chi connectivity index (χ1) is 6.22. The van der Waals surface area contributed by atoms with Crippen LogP contribution < -0.4 is 5.32 Å². The summed E-state index contributed by atoms with van der Waals surface area (Å²) in [6, 6.07) is 0. The molecule has 0 aliphatic heterocycles. The lowest BCUT2D eigenvalue weighted by Gasteiger charge is -2.03. The second-order valence-electron chi connectivity index (χ2n) is 3.25. The summed E-state index contributed by atoms with van der Waals surface area (Å²) in [5, 5.41) is 3.27. The number of rotatable bonds is 5. The van der Waals surface area contributed by atoms with Gasteiger partial charge in [0.1, 0.15) is 0 Å². The quantitative estimate of drug-likeness (QED) is 0.634. The van der Waals surface area contributed by atoms with E-state index in [2.05, 4.69) is 38.2 Å². The van der Waals surface area contributed by atoms with Gasteiger partial charge in [0.15, 0.2) is 0 Å². The summed E-state index contributed by atoms with van der Waals surface area (Å²) in [5.74, 6) is 0. The summed E-state index contributed by atoms with van der Waals surface area (Å²) in [7, 11) is 0. The van der Waals surface area contributed by atoms with E-state index in [1.165, 1.54) is 17.7 Å². The Kier molecular flexibility index (Phi) is 7.08. The molecular weight excluding hydrogens is 158 g/mol. The van der Waals surface area contributed by atoms with Gasteiger partial charge in [-0.3, -0.25) is 0 Å². The van der Waals surface area contributed by atoms with Crippen LogP contribution in [0.5, 0.6) is 0 Å². The Morgan fingerprint density at radius 2 is 2.00 bits per heavy atom. The molecule has 0 aromatic heterocycles. The molecule has 0 unspecified atom stereocenters. The standard InChI is InChI=1S/C12H21N/c1-5-7-8-10-13-12(9-6-2)11(3)4/h6,8-10,13H,5,7H2,1-4H3/b9-6-,10-8+. The zero-order valence-corrected chi connectivity index (χ0v) is 9.22. The third-order valence-corrected chi connectivity index (χ3v) is 1.68. The van der Waals surface area contributed by atoms with Crippen LogP contribution in [0.25, 0.3) is 0 Å². The maximum atomic E-state index is 3.27. The van der Waals surface area contributed by atoms with Crippen LogP contribution in [-0.2, 0) is 0 Å². The van der Waals surface area contributed by atoms with Crippen LogP contribution in [-0.4, -0.2) is 0 Å². The van der Waals surface area contributed by atoms with E-state index in [0.29, 0.717) is 0 Å². The smallest absolute Gasteiger partial charge is 0.0362 e. The van der Waals surface area contributed by atoms with Gasteiger partial charge in [0.2, 0.25) is 0 Å². The van der Waals surface area contributed by atoms with Gasteiger partial charge in [0.25, 0.3) is 0 Å². The van der Waals surface area contributed by atoms with E-state index in [1.54, 1.807) is 0 Å². The van der Waals surface area contributed by atoms with Gasteiger partial charge in [-0.15, -0.1) is 0 Å². The molecule has 1 nitrogen and oxygen atoms in total. The van der Waals surface area contributed by atoms with Crippen LogP contribution >= 0.6 is 0 Å². The van der Waals surface area contributed by atoms with Gasteiger partial charge < -0.3 is 5.32 Å². The molecule has 1 N–H and O–H groups in total. The first-order valence-electron chi connectivity index (χ1n) is 4.94. The maximum absolute atomic E-state index is 3.27. The highest BCUT2D eigenvalue weighted by molar-refractivity contribution is 5.22. The van der Waals surface area contributed by atoms with E-state index in [9.17, 15) is 0 Å². The highest BCUT2D eigenvalue weighted by atomic mass is 14.8. The number of unbranched alkanes of at least 4 members (excludes halogenated alkanes) is 1. The minimum absolute atomic E-state index is 1.14. The molecule has 0 aliphatic rings. The lowest BCUT2D eigenvalue weighted by molar-refractivity contribution is 0.942. The van der Waals surface area contributed by atoms with Crippen molar-refractivity contribution in [3.63, 3.8) is 0 Å². The van der Waals surface area contributed by atoms with Crippen LogP contribution in [0.15, 0.2) is 35.7 Å². The Hall–Kier alpha value is -0.980. The van der Waals surface area contributed by atoms with E-state index in [1.807, 2.05) is 19.2 Å². The fraction of sp³-hybridized carbons (Fsp3) is 0.500. The molecule has 0 aromatic rings. The van der Waals surface area contributed by atoms with Crippen molar-refractivity contribution >= 4 is 0 Å². The molecule has 1 heteroatoms. The molecule has 0 spiro atoms. The maximum Gasteiger partial charge on any atom is 0.0362 e. The number of hydrogen-bond acceptors (Lipinski definition) is 1. The van der Waals surface area contributed by atoms with Gasteiger partial charge in [0, 0.05) is 5.70 Å². The molecule has 0 rings (SSSR count). The summed E-state index contributed by atoms with van der Waals surface area (Å²) in [4.78, 5) is 0. The predicted molar refractivity (Wildman–Crippen MR) is 60.4 cm³/mol. The van der Waals surface area contributed by atoms with Crippen LogP contribution in [0.3, 0.4) is 0 Å². The molecule has 0 radical (unpaired) electrons. The van der Waals surface area contributed by atoms with Gasteiger partial charge in [0.05, 0.1) is 0 Å². The third kappa shape index (κ3) is 6.21. The highest BCUT2D eigenvalue weighted by Gasteiger charge is 1.89. The van der Waals surface area contributed by atoms with Crippen LogP contribution in [0.2, 0.25) is 0 Å². The van der Waals surface area contributed by atoms with Crippen molar-refractivity contribution in [1.82, 2.24) is 5.32 Å². The second kappa shape index (κ2) is 7.66. The third-order valence-electron chi connectivity index (χ3n) is 1.68. The van der Waals surface area contributed by atoms with Crippen molar-refractivity contribution in [1.29, 1.82) is 0 Å². The largest absolute Gasteiger partial charge is 0.362 e. The van der Waals surface area contributed by atoms with Crippen LogP contribution in [0.1, 0.15) is 40.5 Å². The minimum atomic E-state index is 1.14. The van der Waals surface area contributed by atoms with Crippen molar-refractivity contribution in [3.05, 3.63) is 35.7 Å². The molecule has 74 valence electrons. The van der Waals surface area contributed by atoms with Gasteiger partial charge in [-0.1, -0.05) is 31.1 Å². The topological polar surface area (TPSA) is 12.0 Å². The van der Waals surface area contributed by atoms with Crippen LogP contribution in [0, 0.1) is 0 Å². The van der Waals surface area contributed by atoms with E-state index in [4.69, 9.17) is 0 Å². The molecule has 0 aromatic carbocycles. The summed E-state index contributed by atoms with van der Waals surface area (Å²) in [6.45, 7) is 8.42. The van der Waals surface area contributed by atoms with Crippen LogP contribution in [0.4, 0.5) is 0 Å². The van der Waals surface area contributed by atoms with Crippen molar-refractivity contribution in [2.75, 3.05) is 0 Å². The summed E-state index contributed by atoms with van der Waals surface area (Å²) in [5.41, 5.74) is 2.49. The summed E-state index contributed by atoms with van der Waals surface area (Å²) in [6.07, 6.45) is 10.7. The lowest BCUT2D eigenvalue weighted by Crippen LogP contribution is -2.03. The molecule has 13 heavy (non-hydrogen) atoms. The molecule has 0 bridgehead atoms. The van der Waals surface area contributed by atoms with E-state index >= 15 is 0 Å². The monoisotopic (exact) mass is 179 g/mol. The molecule has 0 amide bonds. The van der Waals surface area contributed by atoms with Gasteiger partial charge >= 0.3 is 0 Å². The SMILES string of the molecule is C/C=C\C(N/C=C/CCC)=C(C)C. The normalized spacial score (nSPS) is 11.1. The lowest BCUT2D eigenvalue weighted by atomic mass is 10.2. The Bertz CT molecular complexity index is 205. The second-order valence-corrected chi connectivity index (χ2v) is 3.25. The molecule has 0 heterocycles. The van der Waals surface area contributed by atoms with E-state index in [-0.39, 0.29) is 0 Å². The fourth-order valence-electron chi connectivity index (χ4n) is 0.924. The molecule has 0 saturated carbocycles. The van der Waals surface area contributed by atoms with Gasteiger partial charge in [-0.05, 0) is 39.5 Å². The van der Waals surface area contributed by atoms with Gasteiger partial charge in [-0.2, -0.15) is 0 Å². The van der Waals surface area contributed by atoms with Crippen molar-refractivity contribution < 1.29 is 0 Å². The zero-order chi connectivity index (χ0) is 10.1. The molecule has 0 aliphatic carbocycles. The van der Waals surface area contributed by atoms with E-state index in [0.717, 1.165) is 6.42 Å². The van der Waals surface area contributed by atoms with Gasteiger partial charge in [-0.25, -0.2) is 0 Å². The van der Waals surface area contributed by atoms with Crippen molar-refractivity contribution in [3.8, 4) is 0 Å². The molecule has 0 fully saturated rings. The Morgan fingerprint density at radius 1 is 1.31 bits per heavy atom. The summed E-state index contributed by atoms with van der Waals surface area (Å²) >= 11 is 0. The molecule has 0 saturated heterocycles. The highest BCUT2D eigenvalue weighted by Crippen LogP contribution is 2.01. The average Bonchev–Trinajstić information content (AvgIpc) is 2.10. The fourth-order valence-corrected chi connectivity index (χ4v) is 0.924. The minimum Gasteiger partial charge on any atom is -0.362 e. The average molecular weight is 179 g/mol. The van der Waals surface area contributed by atoms with Crippen molar-refractivity contribution in [2.24, 2.45) is 0 Å². The van der Waals surface area contributed by atoms with E-state index < -0.39 is 0 Å². The molecule has 0 atom stereocenters. The predicted octanol–water partition coefficient (Wildman–Crippen LogP) is 3.76. The number of nitrogens with one attached hydrogen (secondary N) is 1. The Balaban J connectivity index is 4.06. The first-order valence-corrected chi connectivity index (χ1v) is 4.94. The summed E-state index contributed by atoms with van der Waals surface area (Å²) < 4.78 is 0. The van der Waals surface area contributed by atoms with Crippen molar-refractivity contribution in [2.45, 2.75) is 40.5 Å². The first kappa shape index (κ1) is 12.0.